The van der Waals surface area contributed by atoms with E-state index in [1.54, 1.807) is 11.0 Å². The largest absolute Gasteiger partial charge is 0.418 e. The number of allylic oxidation sites excluding steroid dienone is 1. The van der Waals surface area contributed by atoms with Crippen LogP contribution in [0.5, 0.6) is 0 Å². The van der Waals surface area contributed by atoms with E-state index in [2.05, 4.69) is 33.0 Å². The minimum absolute atomic E-state index is 0.178. The van der Waals surface area contributed by atoms with Gasteiger partial charge in [-0.25, -0.2) is 4.99 Å². The van der Waals surface area contributed by atoms with Crippen LogP contribution in [-0.4, -0.2) is 51.1 Å². The van der Waals surface area contributed by atoms with Crippen molar-refractivity contribution in [3.05, 3.63) is 65.5 Å². The zero-order valence-corrected chi connectivity index (χ0v) is 18.3. The van der Waals surface area contributed by atoms with E-state index in [0.717, 1.165) is 11.6 Å². The standard InChI is InChI=1S/C24H25F3N6/c1-29-23(31-20-5-3-4-18(16-20)8-10-28)9-11-30-19-6-7-22(21(17-19)24(25,26)27)33-14-12-32(2)13-15-33/h3-7,9,11,16-17,31H,1,8,12-15H2,2H3/b23-9+,30-11?. The Balaban J connectivity index is 1.78. The summed E-state index contributed by atoms with van der Waals surface area (Å²) in [4.78, 5) is 11.9. The Hall–Kier alpha value is -3.64. The molecule has 0 saturated carbocycles. The second-order valence-electron chi connectivity index (χ2n) is 7.64. The number of hydrogen-bond donors (Lipinski definition) is 1. The summed E-state index contributed by atoms with van der Waals surface area (Å²) in [5, 5.41) is 11.9. The van der Waals surface area contributed by atoms with Gasteiger partial charge < -0.3 is 15.1 Å². The summed E-state index contributed by atoms with van der Waals surface area (Å²) in [5.41, 5.74) is 1.24. The van der Waals surface area contributed by atoms with Crippen LogP contribution in [0.15, 0.2) is 64.3 Å². The van der Waals surface area contributed by atoms with Gasteiger partial charge in [0, 0.05) is 43.8 Å². The van der Waals surface area contributed by atoms with Gasteiger partial charge in [0.15, 0.2) is 0 Å². The Labute approximate surface area is 191 Å². The summed E-state index contributed by atoms with van der Waals surface area (Å²) in [6.07, 6.45) is -1.31. The molecule has 0 aromatic heterocycles. The summed E-state index contributed by atoms with van der Waals surface area (Å²) >= 11 is 0. The fraction of sp³-hybridized carbons (Fsp3) is 0.292. The van der Waals surface area contributed by atoms with Crippen LogP contribution in [0.4, 0.5) is 30.2 Å². The Morgan fingerprint density at radius 1 is 1.18 bits per heavy atom. The van der Waals surface area contributed by atoms with Crippen LogP contribution >= 0.6 is 0 Å². The van der Waals surface area contributed by atoms with E-state index < -0.39 is 11.7 Å². The Morgan fingerprint density at radius 2 is 1.94 bits per heavy atom. The van der Waals surface area contributed by atoms with E-state index in [-0.39, 0.29) is 17.8 Å². The number of nitrogens with one attached hydrogen (secondary N) is 1. The third kappa shape index (κ3) is 6.67. The lowest BCUT2D eigenvalue weighted by Gasteiger charge is -2.35. The highest BCUT2D eigenvalue weighted by molar-refractivity contribution is 5.77. The molecular formula is C24H25F3N6. The first kappa shape index (κ1) is 24.0. The number of aliphatic imine (C=N–C) groups is 2. The van der Waals surface area contributed by atoms with Gasteiger partial charge in [-0.15, -0.1) is 0 Å². The Morgan fingerprint density at radius 3 is 2.61 bits per heavy atom. The van der Waals surface area contributed by atoms with Gasteiger partial charge in [0.05, 0.1) is 23.7 Å². The molecule has 0 amide bonds. The van der Waals surface area contributed by atoms with E-state index in [0.29, 0.717) is 37.7 Å². The van der Waals surface area contributed by atoms with Crippen molar-refractivity contribution in [1.29, 1.82) is 5.26 Å². The quantitative estimate of drug-likeness (QED) is 0.606. The van der Waals surface area contributed by atoms with Gasteiger partial charge >= 0.3 is 6.18 Å². The monoisotopic (exact) mass is 454 g/mol. The molecule has 0 unspecified atom stereocenters. The molecule has 1 aliphatic rings. The molecule has 6 nitrogen and oxygen atoms in total. The molecule has 2 aromatic carbocycles. The van der Waals surface area contributed by atoms with Crippen LogP contribution in [0, 0.1) is 11.3 Å². The van der Waals surface area contributed by atoms with Gasteiger partial charge in [-0.3, -0.25) is 4.99 Å². The van der Waals surface area contributed by atoms with Crippen molar-refractivity contribution in [3.8, 4) is 6.07 Å². The van der Waals surface area contributed by atoms with Gasteiger partial charge in [0.1, 0.15) is 5.82 Å². The number of alkyl halides is 3. The molecule has 1 heterocycles. The predicted molar refractivity (Wildman–Crippen MR) is 126 cm³/mol. The van der Waals surface area contributed by atoms with Crippen molar-refractivity contribution in [3.63, 3.8) is 0 Å². The molecule has 1 N–H and O–H groups in total. The number of likely N-dealkylation sites (N-methyl/N-ethyl adjacent to an activating group) is 1. The molecule has 1 fully saturated rings. The second-order valence-corrected chi connectivity index (χ2v) is 7.64. The molecular weight excluding hydrogens is 429 g/mol. The molecule has 172 valence electrons. The topological polar surface area (TPSA) is 67.0 Å². The average molecular weight is 455 g/mol. The molecule has 3 rings (SSSR count). The molecule has 33 heavy (non-hydrogen) atoms. The normalized spacial score (nSPS) is 15.5. The smallest absolute Gasteiger partial charge is 0.368 e. The first-order valence-corrected chi connectivity index (χ1v) is 10.4. The highest BCUT2D eigenvalue weighted by Gasteiger charge is 2.35. The number of nitriles is 1. The molecule has 0 spiro atoms. The lowest BCUT2D eigenvalue weighted by Crippen LogP contribution is -2.45. The van der Waals surface area contributed by atoms with Crippen molar-refractivity contribution in [2.75, 3.05) is 43.4 Å². The van der Waals surface area contributed by atoms with Crippen LogP contribution in [-0.2, 0) is 12.6 Å². The number of rotatable bonds is 7. The van der Waals surface area contributed by atoms with Gasteiger partial charge in [0.25, 0.3) is 0 Å². The zero-order chi connectivity index (χ0) is 23.8. The van der Waals surface area contributed by atoms with Crippen LogP contribution in [0.25, 0.3) is 0 Å². The fourth-order valence-corrected chi connectivity index (χ4v) is 3.48. The number of nitrogens with zero attached hydrogens (tertiary/aromatic N) is 5. The van der Waals surface area contributed by atoms with E-state index in [4.69, 9.17) is 5.26 Å². The zero-order valence-electron chi connectivity index (χ0n) is 18.3. The van der Waals surface area contributed by atoms with Gasteiger partial charge in [-0.2, -0.15) is 18.4 Å². The second kappa shape index (κ2) is 10.8. The Bertz CT molecular complexity index is 1080. The van der Waals surface area contributed by atoms with Crippen LogP contribution < -0.4 is 10.2 Å². The highest BCUT2D eigenvalue weighted by Crippen LogP contribution is 2.39. The van der Waals surface area contributed by atoms with Gasteiger partial charge in [0.2, 0.25) is 0 Å². The third-order valence-electron chi connectivity index (χ3n) is 5.24. The van der Waals surface area contributed by atoms with Gasteiger partial charge in [-0.05, 0) is 55.7 Å². The molecule has 1 saturated heterocycles. The predicted octanol–water partition coefficient (Wildman–Crippen LogP) is 4.88. The summed E-state index contributed by atoms with van der Waals surface area (Å²) in [6, 6.07) is 13.5. The maximum absolute atomic E-state index is 13.7. The summed E-state index contributed by atoms with van der Waals surface area (Å²) in [7, 11) is 1.96. The van der Waals surface area contributed by atoms with E-state index in [1.165, 1.54) is 18.4 Å². The number of piperazine rings is 1. The first-order chi connectivity index (χ1) is 15.8. The maximum atomic E-state index is 13.7. The summed E-state index contributed by atoms with van der Waals surface area (Å²) in [6.45, 7) is 6.02. The number of anilines is 2. The van der Waals surface area contributed by atoms with Gasteiger partial charge in [-0.1, -0.05) is 12.1 Å². The molecule has 0 radical (unpaired) electrons. The van der Waals surface area contributed by atoms with Crippen molar-refractivity contribution < 1.29 is 13.2 Å². The summed E-state index contributed by atoms with van der Waals surface area (Å²) in [5.74, 6) is 0.373. The molecule has 0 atom stereocenters. The van der Waals surface area contributed by atoms with Crippen LogP contribution in [0.2, 0.25) is 0 Å². The van der Waals surface area contributed by atoms with E-state index in [1.807, 2.05) is 31.3 Å². The minimum Gasteiger partial charge on any atom is -0.368 e. The fourth-order valence-electron chi connectivity index (χ4n) is 3.48. The lowest BCUT2D eigenvalue weighted by molar-refractivity contribution is -0.137. The SMILES string of the molecule is C=N/C(=C\C=Nc1ccc(N2CCN(C)CC2)c(C(F)(F)F)c1)Nc1cccc(CC#N)c1. The van der Waals surface area contributed by atoms with E-state index >= 15 is 0 Å². The minimum atomic E-state index is -4.48. The molecule has 2 aromatic rings. The van der Waals surface area contributed by atoms with Crippen molar-refractivity contribution in [2.24, 2.45) is 9.98 Å². The van der Waals surface area contributed by atoms with Crippen LogP contribution in [0.3, 0.4) is 0 Å². The lowest BCUT2D eigenvalue weighted by atomic mass is 10.1. The molecule has 1 aliphatic heterocycles. The highest BCUT2D eigenvalue weighted by atomic mass is 19.4. The molecule has 0 bridgehead atoms. The molecule has 9 heteroatoms. The number of hydrogen-bond acceptors (Lipinski definition) is 6. The van der Waals surface area contributed by atoms with Crippen LogP contribution in [0.1, 0.15) is 11.1 Å². The summed E-state index contributed by atoms with van der Waals surface area (Å²) < 4.78 is 41.2. The van der Waals surface area contributed by atoms with Crippen molar-refractivity contribution in [2.45, 2.75) is 12.6 Å². The maximum Gasteiger partial charge on any atom is 0.418 e. The first-order valence-electron chi connectivity index (χ1n) is 10.4. The van der Waals surface area contributed by atoms with E-state index in [9.17, 15) is 13.2 Å². The molecule has 0 aliphatic carbocycles. The van der Waals surface area contributed by atoms with Crippen molar-refractivity contribution in [1.82, 2.24) is 4.90 Å². The van der Waals surface area contributed by atoms with Crippen molar-refractivity contribution >= 4 is 30.0 Å². The Kier molecular flexibility index (Phi) is 7.85. The average Bonchev–Trinajstić information content (AvgIpc) is 2.79. The number of benzene rings is 2. The third-order valence-corrected chi connectivity index (χ3v) is 5.24. The number of halogens is 3.